The molecule has 8 heteroatoms. The predicted octanol–water partition coefficient (Wildman–Crippen LogP) is 3.13. The van der Waals surface area contributed by atoms with Gasteiger partial charge in [-0.3, -0.25) is 4.90 Å². The van der Waals surface area contributed by atoms with Crippen LogP contribution in [0.4, 0.5) is 18.3 Å². The summed E-state index contributed by atoms with van der Waals surface area (Å²) in [6, 6.07) is 0. The van der Waals surface area contributed by atoms with Crippen molar-refractivity contribution in [3.05, 3.63) is 5.01 Å². The minimum absolute atomic E-state index is 0.184. The molecule has 1 saturated heterocycles. The van der Waals surface area contributed by atoms with Crippen molar-refractivity contribution >= 4 is 16.5 Å². The molecule has 0 radical (unpaired) electrons. The molecule has 0 bridgehead atoms. The number of nitrogens with zero attached hydrogens (tertiary/aromatic N) is 3. The molecule has 114 valence electrons. The molecule has 0 amide bonds. The lowest BCUT2D eigenvalue weighted by atomic mass is 9.96. The third-order valence-electron chi connectivity index (χ3n) is 3.40. The maximum absolute atomic E-state index is 12.6. The van der Waals surface area contributed by atoms with Gasteiger partial charge in [-0.25, -0.2) is 0 Å². The van der Waals surface area contributed by atoms with Gasteiger partial charge in [-0.05, 0) is 32.4 Å². The minimum atomic E-state index is -4.05. The zero-order valence-electron chi connectivity index (χ0n) is 11.4. The molecule has 20 heavy (non-hydrogen) atoms. The Morgan fingerprint density at radius 2 is 2.00 bits per heavy atom. The molecule has 1 aliphatic heterocycles. The maximum atomic E-state index is 12.6. The normalized spacial score (nSPS) is 18.4. The van der Waals surface area contributed by atoms with Crippen molar-refractivity contribution in [3.63, 3.8) is 0 Å². The van der Waals surface area contributed by atoms with Crippen molar-refractivity contribution in [2.75, 3.05) is 25.0 Å². The number of nitrogens with one attached hydrogen (secondary N) is 1. The van der Waals surface area contributed by atoms with E-state index in [-0.39, 0.29) is 12.8 Å². The van der Waals surface area contributed by atoms with Crippen LogP contribution in [0.25, 0.3) is 0 Å². The lowest BCUT2D eigenvalue weighted by molar-refractivity contribution is -0.185. The number of hydrogen-bond acceptors (Lipinski definition) is 5. The molecular formula is C12H19F3N4S. The quantitative estimate of drug-likeness (QED) is 0.907. The summed E-state index contributed by atoms with van der Waals surface area (Å²) in [6.07, 6.45) is -2.67. The zero-order chi connectivity index (χ0) is 14.6. The molecule has 0 aliphatic carbocycles. The van der Waals surface area contributed by atoms with Gasteiger partial charge < -0.3 is 5.32 Å². The fourth-order valence-corrected chi connectivity index (χ4v) is 3.04. The van der Waals surface area contributed by atoms with Crippen molar-refractivity contribution in [1.82, 2.24) is 15.1 Å². The van der Waals surface area contributed by atoms with E-state index >= 15 is 0 Å². The molecule has 0 aromatic carbocycles. The molecule has 2 rings (SSSR count). The van der Waals surface area contributed by atoms with E-state index in [2.05, 4.69) is 22.4 Å². The van der Waals surface area contributed by atoms with Crippen LogP contribution >= 0.6 is 11.3 Å². The van der Waals surface area contributed by atoms with Crippen molar-refractivity contribution < 1.29 is 13.2 Å². The molecule has 0 atom stereocenters. The molecule has 0 saturated carbocycles. The first kappa shape index (κ1) is 15.5. The summed E-state index contributed by atoms with van der Waals surface area (Å²) in [5, 5.41) is 12.9. The van der Waals surface area contributed by atoms with E-state index in [0.29, 0.717) is 19.6 Å². The first-order chi connectivity index (χ1) is 9.49. The van der Waals surface area contributed by atoms with Crippen LogP contribution in [-0.2, 0) is 6.54 Å². The lowest BCUT2D eigenvalue weighted by Gasteiger charge is -2.32. The number of aromatic nitrogens is 2. The van der Waals surface area contributed by atoms with Gasteiger partial charge >= 0.3 is 6.18 Å². The number of halogens is 3. The Bertz CT molecular complexity index is 413. The third-order valence-corrected chi connectivity index (χ3v) is 4.27. The highest BCUT2D eigenvalue weighted by Gasteiger charge is 2.41. The van der Waals surface area contributed by atoms with Crippen LogP contribution in [0.2, 0.25) is 0 Å². The smallest absolute Gasteiger partial charge is 0.360 e. The van der Waals surface area contributed by atoms with Gasteiger partial charge in [0, 0.05) is 6.54 Å². The molecule has 1 fully saturated rings. The second-order valence-electron chi connectivity index (χ2n) is 5.02. The Hall–Kier alpha value is -0.890. The lowest BCUT2D eigenvalue weighted by Crippen LogP contribution is -2.38. The standard InChI is InChI=1S/C12H19F3N4S/c1-2-5-16-11-18-17-10(20-11)8-19-6-3-9(4-7-19)12(13,14)15/h9H,2-8H2,1H3,(H,16,18). The highest BCUT2D eigenvalue weighted by Crippen LogP contribution is 2.34. The molecule has 0 spiro atoms. The fourth-order valence-electron chi connectivity index (χ4n) is 2.23. The van der Waals surface area contributed by atoms with Crippen molar-refractivity contribution in [3.8, 4) is 0 Å². The van der Waals surface area contributed by atoms with Crippen molar-refractivity contribution in [2.24, 2.45) is 5.92 Å². The first-order valence-electron chi connectivity index (χ1n) is 6.84. The first-order valence-corrected chi connectivity index (χ1v) is 7.66. The van der Waals surface area contributed by atoms with E-state index in [1.165, 1.54) is 11.3 Å². The Morgan fingerprint density at radius 3 is 2.60 bits per heavy atom. The van der Waals surface area contributed by atoms with E-state index in [9.17, 15) is 13.2 Å². The minimum Gasteiger partial charge on any atom is -0.360 e. The fraction of sp³-hybridized carbons (Fsp3) is 0.833. The second kappa shape index (κ2) is 6.71. The van der Waals surface area contributed by atoms with Gasteiger partial charge in [0.2, 0.25) is 5.13 Å². The molecule has 1 aromatic heterocycles. The largest absolute Gasteiger partial charge is 0.391 e. The van der Waals surface area contributed by atoms with Crippen LogP contribution in [0.15, 0.2) is 0 Å². The van der Waals surface area contributed by atoms with Gasteiger partial charge in [-0.2, -0.15) is 13.2 Å². The van der Waals surface area contributed by atoms with Crippen molar-refractivity contribution in [2.45, 2.75) is 38.9 Å². The number of hydrogen-bond donors (Lipinski definition) is 1. The Balaban J connectivity index is 1.79. The van der Waals surface area contributed by atoms with E-state index in [4.69, 9.17) is 0 Å². The summed E-state index contributed by atoms with van der Waals surface area (Å²) >= 11 is 1.48. The monoisotopic (exact) mass is 308 g/mol. The molecule has 1 aromatic rings. The number of rotatable bonds is 5. The van der Waals surface area contributed by atoms with Crippen LogP contribution in [0.5, 0.6) is 0 Å². The summed E-state index contributed by atoms with van der Waals surface area (Å²) < 4.78 is 37.7. The van der Waals surface area contributed by atoms with Gasteiger partial charge in [0.05, 0.1) is 12.5 Å². The second-order valence-corrected chi connectivity index (χ2v) is 6.08. The number of likely N-dealkylation sites (tertiary alicyclic amines) is 1. The Labute approximate surface area is 120 Å². The molecule has 4 nitrogen and oxygen atoms in total. The molecule has 0 unspecified atom stereocenters. The van der Waals surface area contributed by atoms with Gasteiger partial charge in [0.15, 0.2) is 0 Å². The van der Waals surface area contributed by atoms with Crippen LogP contribution in [0, 0.1) is 5.92 Å². The molecule has 1 N–H and O–H groups in total. The van der Waals surface area contributed by atoms with Gasteiger partial charge in [-0.15, -0.1) is 10.2 Å². The van der Waals surface area contributed by atoms with Crippen LogP contribution in [-0.4, -0.2) is 40.9 Å². The van der Waals surface area contributed by atoms with Gasteiger partial charge in [0.25, 0.3) is 0 Å². The summed E-state index contributed by atoms with van der Waals surface area (Å²) in [4.78, 5) is 2.02. The Morgan fingerprint density at radius 1 is 1.30 bits per heavy atom. The van der Waals surface area contributed by atoms with E-state index in [1.807, 2.05) is 4.90 Å². The average Bonchev–Trinajstić information content (AvgIpc) is 2.83. The third kappa shape index (κ3) is 4.31. The summed E-state index contributed by atoms with van der Waals surface area (Å²) in [5.74, 6) is -1.14. The summed E-state index contributed by atoms with van der Waals surface area (Å²) in [7, 11) is 0. The highest BCUT2D eigenvalue weighted by molar-refractivity contribution is 7.15. The zero-order valence-corrected chi connectivity index (χ0v) is 12.2. The average molecular weight is 308 g/mol. The summed E-state index contributed by atoms with van der Waals surface area (Å²) in [5.41, 5.74) is 0. The number of alkyl halides is 3. The van der Waals surface area contributed by atoms with E-state index in [1.54, 1.807) is 0 Å². The number of piperidine rings is 1. The van der Waals surface area contributed by atoms with E-state index < -0.39 is 12.1 Å². The van der Waals surface area contributed by atoms with E-state index in [0.717, 1.165) is 23.1 Å². The Kier molecular flexibility index (Phi) is 5.20. The van der Waals surface area contributed by atoms with Crippen LogP contribution in [0.3, 0.4) is 0 Å². The van der Waals surface area contributed by atoms with Crippen molar-refractivity contribution in [1.29, 1.82) is 0 Å². The van der Waals surface area contributed by atoms with Gasteiger partial charge in [-0.1, -0.05) is 18.3 Å². The van der Waals surface area contributed by atoms with Gasteiger partial charge in [0.1, 0.15) is 5.01 Å². The highest BCUT2D eigenvalue weighted by atomic mass is 32.1. The predicted molar refractivity (Wildman–Crippen MR) is 72.7 cm³/mol. The molecule has 1 aliphatic rings. The topological polar surface area (TPSA) is 41.1 Å². The maximum Gasteiger partial charge on any atom is 0.391 e. The van der Waals surface area contributed by atoms with Crippen LogP contribution < -0.4 is 5.32 Å². The molecular weight excluding hydrogens is 289 g/mol. The van der Waals surface area contributed by atoms with Crippen LogP contribution in [0.1, 0.15) is 31.2 Å². The SMILES string of the molecule is CCCNc1nnc(CN2CCC(C(F)(F)F)CC2)s1. The number of anilines is 1. The molecule has 2 heterocycles. The summed E-state index contributed by atoms with van der Waals surface area (Å²) in [6.45, 7) is 4.46.